The molecule has 1 saturated heterocycles. The van der Waals surface area contributed by atoms with E-state index in [1.807, 2.05) is 25.4 Å². The molecule has 0 N–H and O–H groups in total. The quantitative estimate of drug-likeness (QED) is 0.347. The Labute approximate surface area is 153 Å². The van der Waals surface area contributed by atoms with Gasteiger partial charge >= 0.3 is 0 Å². The van der Waals surface area contributed by atoms with Gasteiger partial charge in [0.05, 0.1) is 0 Å². The first kappa shape index (κ1) is 21.1. The Hall–Kier alpha value is -1.98. The van der Waals surface area contributed by atoms with Crippen LogP contribution in [0.15, 0.2) is 58.5 Å². The van der Waals surface area contributed by atoms with Crippen molar-refractivity contribution in [2.24, 2.45) is 9.98 Å². The average Bonchev–Trinajstić information content (AvgIpc) is 2.64. The molecule has 0 aliphatic carbocycles. The van der Waals surface area contributed by atoms with Crippen LogP contribution < -0.4 is 0 Å². The molecule has 0 saturated carbocycles. The highest BCUT2D eigenvalue weighted by molar-refractivity contribution is 5.61. The van der Waals surface area contributed by atoms with Crippen LogP contribution in [0.1, 0.15) is 13.8 Å². The van der Waals surface area contributed by atoms with Gasteiger partial charge in [0.2, 0.25) is 0 Å². The van der Waals surface area contributed by atoms with Gasteiger partial charge in [-0.15, -0.1) is 0 Å². The van der Waals surface area contributed by atoms with Gasteiger partial charge in [-0.2, -0.15) is 0 Å². The van der Waals surface area contributed by atoms with Crippen LogP contribution in [0.3, 0.4) is 0 Å². The lowest BCUT2D eigenvalue weighted by atomic mass is 10.2. The van der Waals surface area contributed by atoms with Crippen molar-refractivity contribution < 1.29 is 0 Å². The lowest BCUT2D eigenvalue weighted by Gasteiger charge is -2.33. The highest BCUT2D eigenvalue weighted by atomic mass is 15.3. The summed E-state index contributed by atoms with van der Waals surface area (Å²) in [4.78, 5) is 15.4. The zero-order valence-electron chi connectivity index (χ0n) is 16.1. The van der Waals surface area contributed by atoms with E-state index in [2.05, 4.69) is 64.0 Å². The van der Waals surface area contributed by atoms with Crippen LogP contribution in [-0.2, 0) is 0 Å². The first-order valence-electron chi connectivity index (χ1n) is 8.93. The minimum Gasteiger partial charge on any atom is -0.360 e. The molecule has 0 amide bonds. The minimum atomic E-state index is 0.859. The maximum Gasteiger partial charge on any atom is 0.128 e. The largest absolute Gasteiger partial charge is 0.360 e. The molecule has 25 heavy (non-hydrogen) atoms. The molecule has 1 aliphatic heterocycles. The third kappa shape index (κ3) is 8.61. The molecule has 0 unspecified atom stereocenters. The Morgan fingerprint density at radius 3 is 2.36 bits per heavy atom. The van der Waals surface area contributed by atoms with Crippen molar-refractivity contribution in [1.29, 1.82) is 0 Å². The van der Waals surface area contributed by atoms with Gasteiger partial charge in [-0.1, -0.05) is 18.7 Å². The molecule has 0 aromatic heterocycles. The van der Waals surface area contributed by atoms with Gasteiger partial charge in [-0.3, -0.25) is 14.8 Å². The van der Waals surface area contributed by atoms with Crippen molar-refractivity contribution in [3.05, 3.63) is 48.5 Å². The van der Waals surface area contributed by atoms with E-state index in [0.29, 0.717) is 0 Å². The Bertz CT molecular complexity index is 522. The Morgan fingerprint density at radius 1 is 1.16 bits per heavy atom. The Morgan fingerprint density at radius 2 is 1.80 bits per heavy atom. The summed E-state index contributed by atoms with van der Waals surface area (Å²) in [6.45, 7) is 18.9. The van der Waals surface area contributed by atoms with Gasteiger partial charge in [-0.05, 0) is 38.3 Å². The summed E-state index contributed by atoms with van der Waals surface area (Å²) in [5.41, 5.74) is 0.859. The monoisotopic (exact) mass is 343 g/mol. The van der Waals surface area contributed by atoms with E-state index in [0.717, 1.165) is 57.2 Å². The second kappa shape index (κ2) is 12.4. The predicted octanol–water partition coefficient (Wildman–Crippen LogP) is 2.81. The van der Waals surface area contributed by atoms with E-state index >= 15 is 0 Å². The molecule has 1 heterocycles. The maximum absolute atomic E-state index is 4.66. The van der Waals surface area contributed by atoms with Gasteiger partial charge < -0.3 is 4.90 Å². The first-order chi connectivity index (χ1) is 12.1. The van der Waals surface area contributed by atoms with E-state index in [-0.39, 0.29) is 0 Å². The number of piperazine rings is 1. The molecule has 1 aliphatic rings. The van der Waals surface area contributed by atoms with Gasteiger partial charge in [0.1, 0.15) is 5.82 Å². The van der Waals surface area contributed by atoms with Crippen molar-refractivity contribution in [3.8, 4) is 0 Å². The third-order valence-electron chi connectivity index (χ3n) is 4.20. The zero-order valence-corrected chi connectivity index (χ0v) is 16.1. The van der Waals surface area contributed by atoms with Gasteiger partial charge in [-0.25, -0.2) is 4.99 Å². The van der Waals surface area contributed by atoms with Crippen LogP contribution in [0.4, 0.5) is 0 Å². The Balaban J connectivity index is 2.55. The van der Waals surface area contributed by atoms with Crippen molar-refractivity contribution >= 4 is 12.9 Å². The molecule has 0 atom stereocenters. The summed E-state index contributed by atoms with van der Waals surface area (Å²) >= 11 is 0. The van der Waals surface area contributed by atoms with Crippen LogP contribution in [-0.4, -0.2) is 80.5 Å². The molecule has 5 heteroatoms. The first-order valence-corrected chi connectivity index (χ1v) is 8.93. The summed E-state index contributed by atoms with van der Waals surface area (Å²) < 4.78 is 0. The lowest BCUT2D eigenvalue weighted by Crippen LogP contribution is -2.46. The third-order valence-corrected chi connectivity index (χ3v) is 4.20. The van der Waals surface area contributed by atoms with Crippen LogP contribution in [0.25, 0.3) is 0 Å². The molecule has 0 radical (unpaired) electrons. The predicted molar refractivity (Wildman–Crippen MR) is 110 cm³/mol. The van der Waals surface area contributed by atoms with E-state index in [9.17, 15) is 0 Å². The van der Waals surface area contributed by atoms with Gasteiger partial charge in [0.15, 0.2) is 0 Å². The Kier molecular flexibility index (Phi) is 10.4. The fourth-order valence-electron chi connectivity index (χ4n) is 2.43. The topological polar surface area (TPSA) is 34.4 Å². The fraction of sp³-hybridized carbons (Fsp3) is 0.500. The van der Waals surface area contributed by atoms with Crippen molar-refractivity contribution in [2.75, 3.05) is 52.9 Å². The number of hydrogen-bond acceptors (Lipinski definition) is 5. The molecule has 0 spiro atoms. The second-order valence-corrected chi connectivity index (χ2v) is 6.07. The average molecular weight is 344 g/mol. The lowest BCUT2D eigenvalue weighted by molar-refractivity contribution is 0.158. The highest BCUT2D eigenvalue weighted by Gasteiger charge is 2.14. The molecular formula is C20H33N5. The van der Waals surface area contributed by atoms with Crippen molar-refractivity contribution in [3.63, 3.8) is 0 Å². The number of rotatable bonds is 10. The normalized spacial score (nSPS) is 17.8. The van der Waals surface area contributed by atoms with Crippen LogP contribution in [0.5, 0.6) is 0 Å². The molecule has 0 aromatic rings. The van der Waals surface area contributed by atoms with Crippen molar-refractivity contribution in [2.45, 2.75) is 13.8 Å². The summed E-state index contributed by atoms with van der Waals surface area (Å²) in [5.74, 6) is 0.910. The molecule has 0 aromatic carbocycles. The van der Waals surface area contributed by atoms with Crippen molar-refractivity contribution in [1.82, 2.24) is 14.7 Å². The number of nitrogens with zero attached hydrogens (tertiary/aromatic N) is 5. The molecule has 1 rings (SSSR count). The van der Waals surface area contributed by atoms with E-state index in [4.69, 9.17) is 0 Å². The maximum atomic E-state index is 4.66. The second-order valence-electron chi connectivity index (χ2n) is 6.07. The molecular weight excluding hydrogens is 310 g/mol. The van der Waals surface area contributed by atoms with E-state index in [1.54, 1.807) is 6.20 Å². The number of allylic oxidation sites excluding steroid dienone is 4. The highest BCUT2D eigenvalue weighted by Crippen LogP contribution is 2.08. The molecule has 138 valence electrons. The summed E-state index contributed by atoms with van der Waals surface area (Å²) in [7, 11) is 2.03. The van der Waals surface area contributed by atoms with Gasteiger partial charge in [0.25, 0.3) is 0 Å². The van der Waals surface area contributed by atoms with Gasteiger partial charge in [0, 0.05) is 65.3 Å². The summed E-state index contributed by atoms with van der Waals surface area (Å²) in [6.07, 6.45) is 11.8. The minimum absolute atomic E-state index is 0.859. The van der Waals surface area contributed by atoms with Crippen LogP contribution in [0.2, 0.25) is 0 Å². The summed E-state index contributed by atoms with van der Waals surface area (Å²) in [6, 6.07) is 0. The standard InChI is InChI=1S/C20H33N5/c1-6-8-12-24-14-16-25(17-15-24)13-11-22-20(23(5)7-2)18-19(3)9-10-21-4/h6,8-11,18H,3-4,7,12-17H2,1-2,5H3/b8-6?,10-9-,20-18+,22-11?. The fourth-order valence-corrected chi connectivity index (χ4v) is 2.43. The number of hydrogen-bond donors (Lipinski definition) is 0. The summed E-state index contributed by atoms with van der Waals surface area (Å²) in [5, 5.41) is 0. The zero-order chi connectivity index (χ0) is 18.5. The molecule has 0 bridgehead atoms. The molecule has 5 nitrogen and oxygen atoms in total. The smallest absolute Gasteiger partial charge is 0.128 e. The number of aliphatic imine (C=N–C) groups is 2. The molecule has 1 fully saturated rings. The van der Waals surface area contributed by atoms with E-state index < -0.39 is 0 Å². The van der Waals surface area contributed by atoms with Crippen LogP contribution >= 0.6 is 0 Å². The van der Waals surface area contributed by atoms with Crippen LogP contribution in [0, 0.1) is 0 Å². The van der Waals surface area contributed by atoms with E-state index in [1.165, 1.54) is 0 Å². The SMILES string of the molecule is C=N/C=C\C(=C)/C=C(\N=CCN1CCN(CC=CC)CC1)N(C)CC.